The molecule has 7 heteroatoms. The smallest absolute Gasteiger partial charge is 0.255 e. The number of halogens is 1. The summed E-state index contributed by atoms with van der Waals surface area (Å²) in [6.07, 6.45) is 1.65. The lowest BCUT2D eigenvalue weighted by Gasteiger charge is -2.12. The van der Waals surface area contributed by atoms with Gasteiger partial charge >= 0.3 is 0 Å². The summed E-state index contributed by atoms with van der Waals surface area (Å²) in [5, 5.41) is 11.1. The molecule has 0 atom stereocenters. The third-order valence-electron chi connectivity index (χ3n) is 4.35. The number of H-pyrrole nitrogens is 1. The maximum Gasteiger partial charge on any atom is 0.255 e. The fraction of sp³-hybridized carbons (Fsp3) is 0.238. The summed E-state index contributed by atoms with van der Waals surface area (Å²) in [6.45, 7) is 2.07. The summed E-state index contributed by atoms with van der Waals surface area (Å²) in [5.41, 5.74) is 3.32. The lowest BCUT2D eigenvalue weighted by Crippen LogP contribution is -2.13. The first-order valence-corrected chi connectivity index (χ1v) is 9.31. The molecule has 3 aromatic rings. The maximum absolute atomic E-state index is 12.8. The number of aromatic nitrogens is 2. The van der Waals surface area contributed by atoms with Crippen molar-refractivity contribution in [2.45, 2.75) is 19.8 Å². The molecule has 2 aromatic carbocycles. The van der Waals surface area contributed by atoms with Gasteiger partial charge in [-0.15, -0.1) is 0 Å². The highest BCUT2D eigenvalue weighted by Crippen LogP contribution is 2.38. The number of aromatic amines is 1. The van der Waals surface area contributed by atoms with E-state index < -0.39 is 0 Å². The zero-order valence-corrected chi connectivity index (χ0v) is 16.8. The minimum Gasteiger partial charge on any atom is -0.497 e. The fourth-order valence-corrected chi connectivity index (χ4v) is 3.05. The molecule has 1 aromatic heterocycles. The number of hydrogen-bond acceptors (Lipinski definition) is 4. The van der Waals surface area contributed by atoms with Gasteiger partial charge in [-0.1, -0.05) is 24.9 Å². The van der Waals surface area contributed by atoms with Crippen molar-refractivity contribution < 1.29 is 14.3 Å². The van der Waals surface area contributed by atoms with Gasteiger partial charge in [0, 0.05) is 16.1 Å². The van der Waals surface area contributed by atoms with E-state index in [2.05, 4.69) is 22.4 Å². The molecule has 0 unspecified atom stereocenters. The number of hydrogen-bond donors (Lipinski definition) is 2. The second-order valence-electron chi connectivity index (χ2n) is 6.20. The number of ether oxygens (including phenoxy) is 2. The van der Waals surface area contributed by atoms with E-state index in [0.717, 1.165) is 24.1 Å². The van der Waals surface area contributed by atoms with Crippen LogP contribution in [0.3, 0.4) is 0 Å². The molecule has 6 nitrogen and oxygen atoms in total. The van der Waals surface area contributed by atoms with Gasteiger partial charge < -0.3 is 14.8 Å². The molecular formula is C21H22ClN3O3. The molecule has 146 valence electrons. The Morgan fingerprint density at radius 2 is 1.89 bits per heavy atom. The van der Waals surface area contributed by atoms with Crippen molar-refractivity contribution in [2.75, 3.05) is 19.5 Å². The Hall–Kier alpha value is -2.99. The number of methoxy groups -OCH3 is 2. The van der Waals surface area contributed by atoms with Crippen molar-refractivity contribution in [1.29, 1.82) is 0 Å². The predicted octanol–water partition coefficient (Wildman–Crippen LogP) is 4.95. The quantitative estimate of drug-likeness (QED) is 0.589. The average Bonchev–Trinajstić information content (AvgIpc) is 3.10. The normalized spacial score (nSPS) is 10.6. The molecule has 0 aliphatic carbocycles. The van der Waals surface area contributed by atoms with Crippen molar-refractivity contribution in [3.8, 4) is 22.8 Å². The number of carbonyl (C=O) groups is 1. The van der Waals surface area contributed by atoms with Gasteiger partial charge in [0.25, 0.3) is 5.91 Å². The van der Waals surface area contributed by atoms with Crippen LogP contribution in [0, 0.1) is 0 Å². The van der Waals surface area contributed by atoms with Crippen LogP contribution in [0.4, 0.5) is 5.69 Å². The Kier molecular flexibility index (Phi) is 6.21. The Bertz CT molecular complexity index is 968. The van der Waals surface area contributed by atoms with Crippen LogP contribution in [0.25, 0.3) is 11.3 Å². The first-order valence-electron chi connectivity index (χ1n) is 8.94. The third kappa shape index (κ3) is 4.12. The van der Waals surface area contributed by atoms with E-state index in [9.17, 15) is 4.79 Å². The van der Waals surface area contributed by atoms with Crippen LogP contribution in [0.1, 0.15) is 29.4 Å². The van der Waals surface area contributed by atoms with Crippen LogP contribution in [-0.2, 0) is 6.42 Å². The lowest BCUT2D eigenvalue weighted by atomic mass is 10.1. The summed E-state index contributed by atoms with van der Waals surface area (Å²) < 4.78 is 10.8. The molecule has 3 rings (SSSR count). The van der Waals surface area contributed by atoms with Crippen LogP contribution >= 0.6 is 11.6 Å². The van der Waals surface area contributed by atoms with Crippen LogP contribution in [-0.4, -0.2) is 30.3 Å². The van der Waals surface area contributed by atoms with Crippen LogP contribution in [0.15, 0.2) is 42.5 Å². The van der Waals surface area contributed by atoms with Crippen molar-refractivity contribution in [3.63, 3.8) is 0 Å². The van der Waals surface area contributed by atoms with E-state index in [1.807, 2.05) is 18.2 Å². The molecule has 0 radical (unpaired) electrons. The first-order chi connectivity index (χ1) is 13.6. The Morgan fingerprint density at radius 1 is 1.14 bits per heavy atom. The van der Waals surface area contributed by atoms with Gasteiger partial charge in [-0.3, -0.25) is 9.89 Å². The van der Waals surface area contributed by atoms with Gasteiger partial charge in [0.15, 0.2) is 0 Å². The number of benzene rings is 2. The largest absolute Gasteiger partial charge is 0.497 e. The van der Waals surface area contributed by atoms with Gasteiger partial charge in [-0.2, -0.15) is 5.10 Å². The Balaban J connectivity index is 2.04. The number of anilines is 1. The molecule has 0 fully saturated rings. The number of amides is 1. The van der Waals surface area contributed by atoms with Gasteiger partial charge in [0.1, 0.15) is 17.2 Å². The molecule has 0 saturated carbocycles. The molecule has 0 spiro atoms. The van der Waals surface area contributed by atoms with E-state index in [0.29, 0.717) is 33.5 Å². The van der Waals surface area contributed by atoms with Crippen LogP contribution in [0.2, 0.25) is 5.02 Å². The van der Waals surface area contributed by atoms with Gasteiger partial charge in [0.2, 0.25) is 0 Å². The molecule has 2 N–H and O–H groups in total. The summed E-state index contributed by atoms with van der Waals surface area (Å²) in [4.78, 5) is 12.8. The molecule has 0 saturated heterocycles. The lowest BCUT2D eigenvalue weighted by molar-refractivity contribution is 0.102. The Labute approximate surface area is 168 Å². The van der Waals surface area contributed by atoms with Gasteiger partial charge in [0.05, 0.1) is 25.6 Å². The van der Waals surface area contributed by atoms with E-state index in [1.54, 1.807) is 38.5 Å². The number of rotatable bonds is 7. The monoisotopic (exact) mass is 399 g/mol. The predicted molar refractivity (Wildman–Crippen MR) is 111 cm³/mol. The molecule has 1 amide bonds. The van der Waals surface area contributed by atoms with Crippen LogP contribution in [0.5, 0.6) is 11.5 Å². The standard InChI is InChI=1S/C21H22ClN3O3/c1-4-5-17-20(23-21(26)13-6-8-14(22)9-7-13)19(25-24-17)16-12-15(27-2)10-11-18(16)28-3/h6-12H,4-5H2,1-3H3,(H,23,26)(H,24,25). The molecule has 0 aliphatic rings. The number of aryl methyl sites for hydroxylation is 1. The zero-order chi connectivity index (χ0) is 20.1. The molecule has 0 aliphatic heterocycles. The zero-order valence-electron chi connectivity index (χ0n) is 16.0. The second kappa shape index (κ2) is 8.80. The van der Waals surface area contributed by atoms with Gasteiger partial charge in [-0.05, 0) is 48.9 Å². The maximum atomic E-state index is 12.8. The van der Waals surface area contributed by atoms with E-state index in [4.69, 9.17) is 21.1 Å². The molecule has 28 heavy (non-hydrogen) atoms. The minimum atomic E-state index is -0.237. The number of carbonyl (C=O) groups excluding carboxylic acids is 1. The molecular weight excluding hydrogens is 378 g/mol. The van der Waals surface area contributed by atoms with Crippen molar-refractivity contribution in [1.82, 2.24) is 10.2 Å². The number of nitrogens with zero attached hydrogens (tertiary/aromatic N) is 1. The highest BCUT2D eigenvalue weighted by molar-refractivity contribution is 6.30. The highest BCUT2D eigenvalue weighted by Gasteiger charge is 2.21. The Morgan fingerprint density at radius 3 is 2.54 bits per heavy atom. The fourth-order valence-electron chi connectivity index (χ4n) is 2.92. The SMILES string of the molecule is CCCc1[nH]nc(-c2cc(OC)ccc2OC)c1NC(=O)c1ccc(Cl)cc1. The van der Waals surface area contributed by atoms with Crippen molar-refractivity contribution >= 4 is 23.2 Å². The van der Waals surface area contributed by atoms with Crippen LogP contribution < -0.4 is 14.8 Å². The van der Waals surface area contributed by atoms with Crippen molar-refractivity contribution in [2.24, 2.45) is 0 Å². The summed E-state index contributed by atoms with van der Waals surface area (Å²) in [6, 6.07) is 12.2. The summed E-state index contributed by atoms with van der Waals surface area (Å²) in [7, 11) is 3.19. The van der Waals surface area contributed by atoms with E-state index >= 15 is 0 Å². The van der Waals surface area contributed by atoms with Crippen molar-refractivity contribution in [3.05, 3.63) is 58.7 Å². The second-order valence-corrected chi connectivity index (χ2v) is 6.64. The average molecular weight is 400 g/mol. The highest BCUT2D eigenvalue weighted by atomic mass is 35.5. The summed E-state index contributed by atoms with van der Waals surface area (Å²) >= 11 is 5.92. The van der Waals surface area contributed by atoms with E-state index in [1.165, 1.54) is 0 Å². The molecule has 1 heterocycles. The first kappa shape index (κ1) is 19.8. The summed E-state index contributed by atoms with van der Waals surface area (Å²) in [5.74, 6) is 1.07. The third-order valence-corrected chi connectivity index (χ3v) is 4.60. The number of nitrogens with one attached hydrogen (secondary N) is 2. The topological polar surface area (TPSA) is 76.2 Å². The van der Waals surface area contributed by atoms with E-state index in [-0.39, 0.29) is 5.91 Å². The van der Waals surface area contributed by atoms with Gasteiger partial charge in [-0.25, -0.2) is 0 Å². The molecule has 0 bridgehead atoms. The minimum absolute atomic E-state index is 0.237.